The van der Waals surface area contributed by atoms with E-state index in [4.69, 9.17) is 9.72 Å². The molecule has 0 aliphatic carbocycles. The number of hydrogen-bond acceptors (Lipinski definition) is 4. The number of hydrogen-bond donors (Lipinski definition) is 1. The zero-order chi connectivity index (χ0) is 14.6. The van der Waals surface area contributed by atoms with Crippen molar-refractivity contribution in [1.82, 2.24) is 9.97 Å². The van der Waals surface area contributed by atoms with Crippen molar-refractivity contribution in [3.05, 3.63) is 15.1 Å². The molecule has 0 saturated carbocycles. The van der Waals surface area contributed by atoms with E-state index in [0.717, 1.165) is 33.9 Å². The van der Waals surface area contributed by atoms with Crippen molar-refractivity contribution in [3.8, 4) is 0 Å². The van der Waals surface area contributed by atoms with Crippen molar-refractivity contribution in [2.24, 2.45) is 0 Å². The zero-order valence-corrected chi connectivity index (χ0v) is 14.8. The van der Waals surface area contributed by atoms with Crippen LogP contribution in [-0.4, -0.2) is 23.6 Å². The molecule has 0 bridgehead atoms. The zero-order valence-electron chi connectivity index (χ0n) is 12.7. The van der Waals surface area contributed by atoms with E-state index in [1.807, 2.05) is 6.92 Å². The fourth-order valence-electron chi connectivity index (χ4n) is 1.61. The number of rotatable bonds is 5. The highest BCUT2D eigenvalue weighted by molar-refractivity contribution is 14.1. The Morgan fingerprint density at radius 3 is 2.42 bits per heavy atom. The molecule has 4 nitrogen and oxygen atoms in total. The Labute approximate surface area is 129 Å². The highest BCUT2D eigenvalue weighted by Gasteiger charge is 2.24. The second-order valence-electron chi connectivity index (χ2n) is 5.65. The third-order valence-corrected chi connectivity index (χ3v) is 3.86. The molecule has 1 aromatic rings. The van der Waals surface area contributed by atoms with Gasteiger partial charge < -0.3 is 10.1 Å². The molecular weight excluding hydrogens is 353 g/mol. The monoisotopic (exact) mass is 377 g/mol. The lowest BCUT2D eigenvalue weighted by molar-refractivity contribution is 0.111. The highest BCUT2D eigenvalue weighted by Crippen LogP contribution is 2.30. The highest BCUT2D eigenvalue weighted by atomic mass is 127. The minimum Gasteiger partial charge on any atom is -0.374 e. The van der Waals surface area contributed by atoms with Gasteiger partial charge in [-0.15, -0.1) is 0 Å². The number of nitrogens with zero attached hydrogens (tertiary/aromatic N) is 2. The minimum absolute atomic E-state index is 0.00960. The number of halogens is 1. The lowest BCUT2D eigenvalue weighted by Crippen LogP contribution is -2.21. The number of ether oxygens (including phenoxy) is 1. The van der Waals surface area contributed by atoms with Gasteiger partial charge in [0, 0.05) is 19.1 Å². The van der Waals surface area contributed by atoms with Crippen LogP contribution in [0, 0.1) is 3.57 Å². The quantitative estimate of drug-likeness (QED) is 0.791. The van der Waals surface area contributed by atoms with E-state index >= 15 is 0 Å². The second-order valence-corrected chi connectivity index (χ2v) is 6.73. The van der Waals surface area contributed by atoms with Crippen LogP contribution in [0.2, 0.25) is 0 Å². The van der Waals surface area contributed by atoms with Gasteiger partial charge in [-0.1, -0.05) is 27.7 Å². The Hall–Kier alpha value is -0.430. The molecule has 0 radical (unpaired) electrons. The molecule has 19 heavy (non-hydrogen) atoms. The molecule has 0 amide bonds. The Morgan fingerprint density at radius 1 is 1.32 bits per heavy atom. The van der Waals surface area contributed by atoms with Gasteiger partial charge in [-0.25, -0.2) is 9.97 Å². The summed E-state index contributed by atoms with van der Waals surface area (Å²) in [7, 11) is 1.68. The Kier molecular flexibility index (Phi) is 5.98. The summed E-state index contributed by atoms with van der Waals surface area (Å²) < 4.78 is 6.45. The molecule has 1 rings (SSSR count). The normalized spacial score (nSPS) is 13.4. The van der Waals surface area contributed by atoms with Crippen LogP contribution in [0.15, 0.2) is 0 Å². The maximum absolute atomic E-state index is 5.35. The molecule has 1 atom stereocenters. The van der Waals surface area contributed by atoms with Crippen LogP contribution >= 0.6 is 22.6 Å². The fourth-order valence-corrected chi connectivity index (χ4v) is 2.85. The number of aromatic nitrogens is 2. The van der Waals surface area contributed by atoms with Crippen molar-refractivity contribution in [2.75, 3.05) is 19.0 Å². The van der Waals surface area contributed by atoms with Crippen LogP contribution in [0.25, 0.3) is 0 Å². The fraction of sp³-hybridized carbons (Fsp3) is 0.714. The van der Waals surface area contributed by atoms with Crippen LogP contribution < -0.4 is 5.32 Å². The standard InChI is InChI=1S/C14H24IN3O/c1-7-8-16-13-10(15)11(14(3,4)5)17-12(18-13)9(2)19-6/h9H,7-8H2,1-6H3,(H,16,17,18). The summed E-state index contributed by atoms with van der Waals surface area (Å²) in [4.78, 5) is 9.30. The van der Waals surface area contributed by atoms with Crippen LogP contribution in [0.4, 0.5) is 5.82 Å². The maximum atomic E-state index is 5.35. The van der Waals surface area contributed by atoms with E-state index in [9.17, 15) is 0 Å². The molecule has 0 spiro atoms. The molecule has 0 aromatic carbocycles. The number of anilines is 1. The summed E-state index contributed by atoms with van der Waals surface area (Å²) in [5.74, 6) is 1.66. The van der Waals surface area contributed by atoms with Gasteiger partial charge in [-0.3, -0.25) is 0 Å². The largest absolute Gasteiger partial charge is 0.374 e. The van der Waals surface area contributed by atoms with Gasteiger partial charge in [-0.05, 0) is 35.9 Å². The Morgan fingerprint density at radius 2 is 1.95 bits per heavy atom. The Balaban J connectivity index is 3.30. The van der Waals surface area contributed by atoms with Gasteiger partial charge in [0.2, 0.25) is 0 Å². The van der Waals surface area contributed by atoms with Gasteiger partial charge in [0.15, 0.2) is 5.82 Å². The van der Waals surface area contributed by atoms with Crippen LogP contribution in [0.1, 0.15) is 58.7 Å². The van der Waals surface area contributed by atoms with Gasteiger partial charge in [0.1, 0.15) is 11.9 Å². The molecule has 5 heteroatoms. The average Bonchev–Trinajstić information content (AvgIpc) is 2.35. The summed E-state index contributed by atoms with van der Waals surface area (Å²) in [5.41, 5.74) is 1.06. The molecule has 0 saturated heterocycles. The van der Waals surface area contributed by atoms with Crippen molar-refractivity contribution < 1.29 is 4.74 Å². The van der Waals surface area contributed by atoms with Gasteiger partial charge >= 0.3 is 0 Å². The first-order chi connectivity index (χ1) is 8.81. The Bertz CT molecular complexity index is 429. The van der Waals surface area contributed by atoms with E-state index in [-0.39, 0.29) is 11.5 Å². The van der Waals surface area contributed by atoms with E-state index in [1.165, 1.54) is 0 Å². The molecule has 0 fully saturated rings. The molecule has 1 unspecified atom stereocenters. The molecule has 108 valence electrons. The molecule has 1 heterocycles. The van der Waals surface area contributed by atoms with Gasteiger partial charge in [0.05, 0.1) is 9.26 Å². The summed E-state index contributed by atoms with van der Waals surface area (Å²) in [6, 6.07) is 0. The van der Waals surface area contributed by atoms with E-state index < -0.39 is 0 Å². The molecule has 0 aliphatic heterocycles. The molecule has 0 aliphatic rings. The third kappa shape index (κ3) is 4.27. The summed E-state index contributed by atoms with van der Waals surface area (Å²) in [5, 5.41) is 3.38. The van der Waals surface area contributed by atoms with E-state index in [0.29, 0.717) is 0 Å². The van der Waals surface area contributed by atoms with Crippen LogP contribution in [-0.2, 0) is 10.2 Å². The summed E-state index contributed by atoms with van der Waals surface area (Å²) in [6.07, 6.45) is 0.973. The lowest BCUT2D eigenvalue weighted by Gasteiger charge is -2.23. The molecule has 1 N–H and O–H groups in total. The molecule has 1 aromatic heterocycles. The minimum atomic E-state index is -0.0970. The van der Waals surface area contributed by atoms with E-state index in [2.05, 4.69) is 60.6 Å². The average molecular weight is 377 g/mol. The van der Waals surface area contributed by atoms with Crippen molar-refractivity contribution in [2.45, 2.75) is 52.6 Å². The number of methoxy groups -OCH3 is 1. The second kappa shape index (κ2) is 6.83. The van der Waals surface area contributed by atoms with Crippen LogP contribution in [0.3, 0.4) is 0 Å². The maximum Gasteiger partial charge on any atom is 0.159 e. The van der Waals surface area contributed by atoms with Crippen LogP contribution in [0.5, 0.6) is 0 Å². The first-order valence-corrected chi connectivity index (χ1v) is 7.73. The first kappa shape index (κ1) is 16.6. The van der Waals surface area contributed by atoms with Gasteiger partial charge in [0.25, 0.3) is 0 Å². The van der Waals surface area contributed by atoms with Crippen molar-refractivity contribution >= 4 is 28.4 Å². The first-order valence-electron chi connectivity index (χ1n) is 6.65. The number of nitrogens with one attached hydrogen (secondary N) is 1. The van der Waals surface area contributed by atoms with Crippen molar-refractivity contribution in [3.63, 3.8) is 0 Å². The molecular formula is C14H24IN3O. The smallest absolute Gasteiger partial charge is 0.159 e. The van der Waals surface area contributed by atoms with Crippen molar-refractivity contribution in [1.29, 1.82) is 0 Å². The summed E-state index contributed by atoms with van der Waals surface area (Å²) >= 11 is 2.33. The third-order valence-electron chi connectivity index (χ3n) is 2.84. The topological polar surface area (TPSA) is 47.0 Å². The summed E-state index contributed by atoms with van der Waals surface area (Å²) in [6.45, 7) is 11.5. The predicted octanol–water partition coefficient (Wildman–Crippen LogP) is 3.91. The predicted molar refractivity (Wildman–Crippen MR) is 87.7 cm³/mol. The lowest BCUT2D eigenvalue weighted by atomic mass is 9.92. The SMILES string of the molecule is CCCNc1nc(C(C)OC)nc(C(C)(C)C)c1I. The van der Waals surface area contributed by atoms with Gasteiger partial charge in [-0.2, -0.15) is 0 Å². The van der Waals surface area contributed by atoms with E-state index in [1.54, 1.807) is 7.11 Å².